The lowest BCUT2D eigenvalue weighted by Crippen LogP contribution is -2.40. The second-order valence-electron chi connectivity index (χ2n) is 7.59. The predicted octanol–water partition coefficient (Wildman–Crippen LogP) is 5.56. The highest BCUT2D eigenvalue weighted by molar-refractivity contribution is 7.17. The summed E-state index contributed by atoms with van der Waals surface area (Å²) >= 11 is 3.43. The van der Waals surface area contributed by atoms with Crippen molar-refractivity contribution < 1.29 is 4.79 Å². The molecule has 4 nitrogen and oxygen atoms in total. The third kappa shape index (κ3) is 3.98. The zero-order chi connectivity index (χ0) is 20.3. The summed E-state index contributed by atoms with van der Waals surface area (Å²) < 4.78 is 1.23. The van der Waals surface area contributed by atoms with E-state index < -0.39 is 0 Å². The maximum Gasteiger partial charge on any atom is 0.223 e. The van der Waals surface area contributed by atoms with E-state index in [4.69, 9.17) is 4.98 Å². The Bertz CT molecular complexity index is 1130. The van der Waals surface area contributed by atoms with E-state index in [-0.39, 0.29) is 11.8 Å². The Morgan fingerprint density at radius 3 is 2.63 bits per heavy atom. The summed E-state index contributed by atoms with van der Waals surface area (Å²) in [6, 6.07) is 18.7. The molecule has 1 saturated heterocycles. The Morgan fingerprint density at radius 1 is 1.03 bits per heavy atom. The monoisotopic (exact) mass is 433 g/mol. The van der Waals surface area contributed by atoms with Gasteiger partial charge in [0.15, 0.2) is 0 Å². The second-order valence-corrected chi connectivity index (χ2v) is 9.53. The fraction of sp³-hybridized carbons (Fsp3) is 0.250. The number of benzene rings is 1. The molecule has 0 aliphatic carbocycles. The zero-order valence-corrected chi connectivity index (χ0v) is 18.2. The number of hydrogen-bond donors (Lipinski definition) is 1. The van der Waals surface area contributed by atoms with Crippen molar-refractivity contribution in [2.75, 3.05) is 18.0 Å². The normalized spacial score (nSPS) is 14.9. The highest BCUT2D eigenvalue weighted by Gasteiger charge is 2.26. The minimum absolute atomic E-state index is 0.0930. The van der Waals surface area contributed by atoms with Crippen LogP contribution in [0, 0.1) is 5.92 Å². The van der Waals surface area contributed by atoms with Crippen molar-refractivity contribution >= 4 is 44.5 Å². The molecule has 0 radical (unpaired) electrons. The fourth-order valence-corrected chi connectivity index (χ4v) is 5.57. The standard InChI is InChI=1S/C24H23N3OS2/c28-24(25-16-19-7-4-13-29-19)18-8-11-27(12-9-18)22-15-21(17-5-2-1-3-6-17)26-20-10-14-30-23(20)22/h1-7,10,13-15,18H,8-9,11-12,16H2,(H,25,28). The van der Waals surface area contributed by atoms with E-state index in [9.17, 15) is 4.79 Å². The molecule has 4 heterocycles. The molecule has 0 unspecified atom stereocenters. The van der Waals surface area contributed by atoms with E-state index in [2.05, 4.69) is 58.1 Å². The molecule has 1 aliphatic rings. The number of piperidine rings is 1. The van der Waals surface area contributed by atoms with Crippen LogP contribution in [-0.4, -0.2) is 24.0 Å². The van der Waals surface area contributed by atoms with Crippen molar-refractivity contribution in [3.63, 3.8) is 0 Å². The molecule has 30 heavy (non-hydrogen) atoms. The van der Waals surface area contributed by atoms with Gasteiger partial charge in [0.25, 0.3) is 0 Å². The smallest absolute Gasteiger partial charge is 0.223 e. The third-order valence-electron chi connectivity index (χ3n) is 5.68. The minimum atomic E-state index is 0.0930. The zero-order valence-electron chi connectivity index (χ0n) is 16.6. The number of nitrogens with one attached hydrogen (secondary N) is 1. The summed E-state index contributed by atoms with van der Waals surface area (Å²) in [6.45, 7) is 2.42. The van der Waals surface area contributed by atoms with Gasteiger partial charge < -0.3 is 10.2 Å². The lowest BCUT2D eigenvalue weighted by Gasteiger charge is -2.33. The molecule has 0 saturated carbocycles. The first-order valence-electron chi connectivity index (χ1n) is 10.3. The van der Waals surface area contributed by atoms with Gasteiger partial charge in [-0.3, -0.25) is 4.79 Å². The van der Waals surface area contributed by atoms with Gasteiger partial charge in [-0.25, -0.2) is 4.98 Å². The molecule has 1 aromatic carbocycles. The number of rotatable bonds is 5. The molecule has 4 aromatic rings. The molecule has 5 rings (SSSR count). The maximum absolute atomic E-state index is 12.6. The second kappa shape index (κ2) is 8.58. The largest absolute Gasteiger partial charge is 0.370 e. The molecule has 6 heteroatoms. The van der Waals surface area contributed by atoms with Crippen LogP contribution in [0.15, 0.2) is 65.4 Å². The number of carbonyl (C=O) groups excluding carboxylic acids is 1. The number of hydrogen-bond acceptors (Lipinski definition) is 5. The van der Waals surface area contributed by atoms with Crippen molar-refractivity contribution in [1.82, 2.24) is 10.3 Å². The van der Waals surface area contributed by atoms with Crippen LogP contribution < -0.4 is 10.2 Å². The quantitative estimate of drug-likeness (QED) is 0.448. The van der Waals surface area contributed by atoms with Crippen molar-refractivity contribution in [2.24, 2.45) is 5.92 Å². The average Bonchev–Trinajstić information content (AvgIpc) is 3.49. The molecule has 1 aliphatic heterocycles. The van der Waals surface area contributed by atoms with E-state index in [1.165, 1.54) is 15.3 Å². The summed E-state index contributed by atoms with van der Waals surface area (Å²) in [5.74, 6) is 0.277. The third-order valence-corrected chi connectivity index (χ3v) is 7.49. The Hall–Kier alpha value is -2.70. The average molecular weight is 434 g/mol. The van der Waals surface area contributed by atoms with Gasteiger partial charge in [-0.1, -0.05) is 36.4 Å². The summed E-state index contributed by atoms with van der Waals surface area (Å²) in [4.78, 5) is 21.1. The summed E-state index contributed by atoms with van der Waals surface area (Å²) in [5.41, 5.74) is 4.43. The van der Waals surface area contributed by atoms with Gasteiger partial charge >= 0.3 is 0 Å². The number of fused-ring (bicyclic) bond motifs is 1. The Balaban J connectivity index is 1.31. The van der Waals surface area contributed by atoms with E-state index >= 15 is 0 Å². The number of anilines is 1. The Kier molecular flexibility index (Phi) is 5.51. The summed E-state index contributed by atoms with van der Waals surface area (Å²) in [5, 5.41) is 7.27. The lowest BCUT2D eigenvalue weighted by molar-refractivity contribution is -0.125. The van der Waals surface area contributed by atoms with Crippen LogP contribution in [0.5, 0.6) is 0 Å². The van der Waals surface area contributed by atoms with Gasteiger partial charge in [-0.15, -0.1) is 22.7 Å². The molecule has 0 atom stereocenters. The van der Waals surface area contributed by atoms with Crippen LogP contribution in [-0.2, 0) is 11.3 Å². The van der Waals surface area contributed by atoms with Gasteiger partial charge in [-0.2, -0.15) is 0 Å². The van der Waals surface area contributed by atoms with Crippen molar-refractivity contribution in [3.8, 4) is 11.3 Å². The van der Waals surface area contributed by atoms with Crippen molar-refractivity contribution in [1.29, 1.82) is 0 Å². The van der Waals surface area contributed by atoms with Gasteiger partial charge in [0.05, 0.1) is 28.1 Å². The predicted molar refractivity (Wildman–Crippen MR) is 126 cm³/mol. The molecule has 1 fully saturated rings. The molecule has 152 valence electrons. The van der Waals surface area contributed by atoms with Crippen LogP contribution in [0.1, 0.15) is 17.7 Å². The highest BCUT2D eigenvalue weighted by atomic mass is 32.1. The van der Waals surface area contributed by atoms with Gasteiger partial charge in [0.1, 0.15) is 0 Å². The Labute approximate surface area is 184 Å². The Morgan fingerprint density at radius 2 is 1.87 bits per heavy atom. The highest BCUT2D eigenvalue weighted by Crippen LogP contribution is 2.36. The number of pyridine rings is 1. The van der Waals surface area contributed by atoms with E-state index in [1.54, 1.807) is 22.7 Å². The first-order chi connectivity index (χ1) is 14.8. The maximum atomic E-state index is 12.6. The van der Waals surface area contributed by atoms with Crippen molar-refractivity contribution in [3.05, 3.63) is 70.2 Å². The summed E-state index contributed by atoms with van der Waals surface area (Å²) in [7, 11) is 0. The van der Waals surface area contributed by atoms with Crippen LogP contribution in [0.25, 0.3) is 21.5 Å². The first-order valence-corrected chi connectivity index (χ1v) is 12.0. The first kappa shape index (κ1) is 19.3. The molecular formula is C24H23N3OS2. The number of nitrogens with zero attached hydrogens (tertiary/aromatic N) is 2. The lowest BCUT2D eigenvalue weighted by atomic mass is 9.95. The van der Waals surface area contributed by atoms with E-state index in [1.807, 2.05) is 17.5 Å². The molecule has 1 amide bonds. The van der Waals surface area contributed by atoms with Crippen LogP contribution >= 0.6 is 22.7 Å². The molecule has 0 spiro atoms. The van der Waals surface area contributed by atoms with Crippen LogP contribution in [0.2, 0.25) is 0 Å². The van der Waals surface area contributed by atoms with Gasteiger partial charge in [0.2, 0.25) is 5.91 Å². The number of carbonyl (C=O) groups is 1. The number of thiophene rings is 2. The minimum Gasteiger partial charge on any atom is -0.370 e. The number of aromatic nitrogens is 1. The van der Waals surface area contributed by atoms with Gasteiger partial charge in [-0.05, 0) is 41.8 Å². The topological polar surface area (TPSA) is 45.2 Å². The SMILES string of the molecule is O=C(NCc1cccs1)C1CCN(c2cc(-c3ccccc3)nc3ccsc23)CC1. The molecule has 1 N–H and O–H groups in total. The van der Waals surface area contributed by atoms with E-state index in [0.29, 0.717) is 6.54 Å². The van der Waals surface area contributed by atoms with Crippen molar-refractivity contribution in [2.45, 2.75) is 19.4 Å². The summed E-state index contributed by atoms with van der Waals surface area (Å²) in [6.07, 6.45) is 1.76. The fourth-order valence-electron chi connectivity index (χ4n) is 4.05. The van der Waals surface area contributed by atoms with E-state index in [0.717, 1.165) is 42.7 Å². The van der Waals surface area contributed by atoms with Crippen LogP contribution in [0.4, 0.5) is 5.69 Å². The number of amides is 1. The van der Waals surface area contributed by atoms with Crippen LogP contribution in [0.3, 0.4) is 0 Å². The van der Waals surface area contributed by atoms with Gasteiger partial charge in [0, 0.05) is 29.4 Å². The molecule has 3 aromatic heterocycles. The molecular weight excluding hydrogens is 410 g/mol. The molecule has 0 bridgehead atoms.